The van der Waals surface area contributed by atoms with E-state index in [-0.39, 0.29) is 24.2 Å². The van der Waals surface area contributed by atoms with Crippen LogP contribution in [0.4, 0.5) is 0 Å². The van der Waals surface area contributed by atoms with Crippen LogP contribution in [0.25, 0.3) is 11.0 Å². The Hall–Kier alpha value is -2.30. The molecule has 128 valence electrons. The van der Waals surface area contributed by atoms with Crippen LogP contribution in [-0.2, 0) is 16.0 Å². The molecule has 0 unspecified atom stereocenters. The van der Waals surface area contributed by atoms with Crippen molar-refractivity contribution < 1.29 is 14.0 Å². The Bertz CT molecular complexity index is 757. The van der Waals surface area contributed by atoms with Crippen molar-refractivity contribution in [2.45, 2.75) is 52.4 Å². The van der Waals surface area contributed by atoms with Gasteiger partial charge in [0.2, 0.25) is 11.8 Å². The van der Waals surface area contributed by atoms with Crippen molar-refractivity contribution in [2.24, 2.45) is 5.92 Å². The van der Waals surface area contributed by atoms with Crippen LogP contribution in [0.5, 0.6) is 0 Å². The monoisotopic (exact) mass is 328 g/mol. The fraction of sp³-hybridized carbons (Fsp3) is 0.474. The molecule has 0 aliphatic heterocycles. The first-order chi connectivity index (χ1) is 11.5. The molecule has 0 bridgehead atoms. The summed E-state index contributed by atoms with van der Waals surface area (Å²) in [5, 5.41) is 0.951. The largest absolute Gasteiger partial charge is 0.464 e. The van der Waals surface area contributed by atoms with Crippen LogP contribution in [0.15, 0.2) is 22.8 Å². The highest BCUT2D eigenvalue weighted by Crippen LogP contribution is 2.25. The van der Waals surface area contributed by atoms with Crippen LogP contribution in [0.1, 0.15) is 48.8 Å². The molecule has 1 heterocycles. The summed E-state index contributed by atoms with van der Waals surface area (Å²) in [6.45, 7) is 4.07. The first-order valence-electron chi connectivity index (χ1n) is 8.60. The van der Waals surface area contributed by atoms with E-state index in [1.165, 1.54) is 6.42 Å². The normalized spacial score (nSPS) is 15.4. The molecule has 1 aromatic carbocycles. The molecule has 1 aliphatic carbocycles. The van der Waals surface area contributed by atoms with Crippen molar-refractivity contribution in [2.75, 3.05) is 0 Å². The van der Waals surface area contributed by atoms with Gasteiger partial charge in [-0.05, 0) is 49.9 Å². The SMILES string of the molecule is Cc1cc2occ(CC(=O)NNC(=O)C3CCCCC3)c2cc1C. The Morgan fingerprint density at radius 3 is 2.54 bits per heavy atom. The third-order valence-corrected chi connectivity index (χ3v) is 4.92. The highest BCUT2D eigenvalue weighted by molar-refractivity contribution is 5.89. The second kappa shape index (κ2) is 7.07. The van der Waals surface area contributed by atoms with Crippen molar-refractivity contribution in [3.05, 3.63) is 35.1 Å². The molecule has 24 heavy (non-hydrogen) atoms. The molecule has 0 spiro atoms. The lowest BCUT2D eigenvalue weighted by atomic mass is 9.89. The summed E-state index contributed by atoms with van der Waals surface area (Å²) < 4.78 is 5.54. The molecular formula is C19H24N2O3. The maximum Gasteiger partial charge on any atom is 0.242 e. The zero-order valence-electron chi connectivity index (χ0n) is 14.3. The molecule has 2 aromatic rings. The number of hydrazine groups is 1. The van der Waals surface area contributed by atoms with Crippen molar-refractivity contribution in [1.82, 2.24) is 10.9 Å². The molecule has 5 heteroatoms. The Morgan fingerprint density at radius 1 is 1.08 bits per heavy atom. The fourth-order valence-corrected chi connectivity index (χ4v) is 3.29. The number of furan rings is 1. The van der Waals surface area contributed by atoms with Crippen LogP contribution in [0.2, 0.25) is 0 Å². The van der Waals surface area contributed by atoms with Gasteiger partial charge in [-0.3, -0.25) is 20.4 Å². The molecule has 1 aromatic heterocycles. The van der Waals surface area contributed by atoms with Gasteiger partial charge in [0.05, 0.1) is 12.7 Å². The summed E-state index contributed by atoms with van der Waals surface area (Å²) in [5.41, 5.74) is 9.03. The number of amides is 2. The predicted octanol–water partition coefficient (Wildman–Crippen LogP) is 3.32. The molecule has 0 atom stereocenters. The van der Waals surface area contributed by atoms with E-state index in [1.807, 2.05) is 26.0 Å². The lowest BCUT2D eigenvalue weighted by molar-refractivity contribution is -0.131. The van der Waals surface area contributed by atoms with Crippen LogP contribution in [0.3, 0.4) is 0 Å². The number of hydrogen-bond donors (Lipinski definition) is 2. The number of carbonyl (C=O) groups excluding carboxylic acids is 2. The van der Waals surface area contributed by atoms with E-state index in [0.29, 0.717) is 0 Å². The Balaban J connectivity index is 1.59. The van der Waals surface area contributed by atoms with Crippen molar-refractivity contribution in [1.29, 1.82) is 0 Å². The standard InChI is InChI=1S/C19H24N2O3/c1-12-8-16-15(11-24-17(16)9-13(12)2)10-18(22)20-21-19(23)14-6-4-3-5-7-14/h8-9,11,14H,3-7,10H2,1-2H3,(H,20,22)(H,21,23). The number of benzene rings is 1. The van der Waals surface area contributed by atoms with Crippen LogP contribution in [-0.4, -0.2) is 11.8 Å². The topological polar surface area (TPSA) is 71.3 Å². The summed E-state index contributed by atoms with van der Waals surface area (Å²) in [6.07, 6.45) is 6.99. The van der Waals surface area contributed by atoms with E-state index in [9.17, 15) is 9.59 Å². The summed E-state index contributed by atoms with van der Waals surface area (Å²) in [4.78, 5) is 24.2. The maximum absolute atomic E-state index is 12.1. The van der Waals surface area contributed by atoms with E-state index in [1.54, 1.807) is 6.26 Å². The number of nitrogens with one attached hydrogen (secondary N) is 2. The minimum Gasteiger partial charge on any atom is -0.464 e. The molecule has 1 fully saturated rings. The molecule has 3 rings (SSSR count). The zero-order valence-corrected chi connectivity index (χ0v) is 14.3. The first-order valence-corrected chi connectivity index (χ1v) is 8.60. The molecule has 2 amide bonds. The Labute approximate surface area is 141 Å². The summed E-state index contributed by atoms with van der Waals surface area (Å²) in [6, 6.07) is 4.02. The highest BCUT2D eigenvalue weighted by Gasteiger charge is 2.21. The summed E-state index contributed by atoms with van der Waals surface area (Å²) >= 11 is 0. The zero-order chi connectivity index (χ0) is 17.1. The minimum atomic E-state index is -0.236. The molecular weight excluding hydrogens is 304 g/mol. The van der Waals surface area contributed by atoms with E-state index in [2.05, 4.69) is 10.9 Å². The first kappa shape index (κ1) is 16.6. The van der Waals surface area contributed by atoms with Crippen LogP contribution in [0, 0.1) is 19.8 Å². The van der Waals surface area contributed by atoms with E-state index in [4.69, 9.17) is 4.42 Å². The van der Waals surface area contributed by atoms with Crippen molar-refractivity contribution in [3.8, 4) is 0 Å². The number of aryl methyl sites for hydroxylation is 2. The average molecular weight is 328 g/mol. The Kier molecular flexibility index (Phi) is 4.88. The van der Waals surface area contributed by atoms with Gasteiger partial charge in [-0.25, -0.2) is 0 Å². The molecule has 2 N–H and O–H groups in total. The number of hydrogen-bond acceptors (Lipinski definition) is 3. The third-order valence-electron chi connectivity index (χ3n) is 4.92. The van der Waals surface area contributed by atoms with Gasteiger partial charge in [0, 0.05) is 16.9 Å². The van der Waals surface area contributed by atoms with E-state index < -0.39 is 0 Å². The smallest absolute Gasteiger partial charge is 0.242 e. The van der Waals surface area contributed by atoms with Gasteiger partial charge in [-0.2, -0.15) is 0 Å². The predicted molar refractivity (Wildman–Crippen MR) is 92.3 cm³/mol. The molecule has 1 aliphatic rings. The Morgan fingerprint density at radius 2 is 1.79 bits per heavy atom. The van der Waals surface area contributed by atoms with Crippen molar-refractivity contribution >= 4 is 22.8 Å². The third kappa shape index (κ3) is 3.61. The minimum absolute atomic E-state index is 0.0273. The van der Waals surface area contributed by atoms with E-state index >= 15 is 0 Å². The van der Waals surface area contributed by atoms with Crippen LogP contribution < -0.4 is 10.9 Å². The second-order valence-corrected chi connectivity index (χ2v) is 6.74. The lowest BCUT2D eigenvalue weighted by Gasteiger charge is -2.20. The quantitative estimate of drug-likeness (QED) is 0.849. The number of rotatable bonds is 3. The van der Waals surface area contributed by atoms with Gasteiger partial charge in [-0.15, -0.1) is 0 Å². The van der Waals surface area contributed by atoms with Gasteiger partial charge in [-0.1, -0.05) is 19.3 Å². The molecule has 1 saturated carbocycles. The molecule has 0 radical (unpaired) electrons. The molecule has 5 nitrogen and oxygen atoms in total. The molecule has 0 saturated heterocycles. The maximum atomic E-state index is 12.1. The van der Waals surface area contributed by atoms with Gasteiger partial charge in [0.1, 0.15) is 5.58 Å². The number of fused-ring (bicyclic) bond motifs is 1. The summed E-state index contributed by atoms with van der Waals surface area (Å²) in [7, 11) is 0. The average Bonchev–Trinajstić information content (AvgIpc) is 2.95. The second-order valence-electron chi connectivity index (χ2n) is 6.74. The van der Waals surface area contributed by atoms with Gasteiger partial charge < -0.3 is 4.42 Å². The van der Waals surface area contributed by atoms with Gasteiger partial charge in [0.15, 0.2) is 0 Å². The van der Waals surface area contributed by atoms with Crippen molar-refractivity contribution in [3.63, 3.8) is 0 Å². The fourth-order valence-electron chi connectivity index (χ4n) is 3.29. The van der Waals surface area contributed by atoms with Crippen LogP contribution >= 0.6 is 0 Å². The van der Waals surface area contributed by atoms with Gasteiger partial charge >= 0.3 is 0 Å². The number of carbonyl (C=O) groups is 2. The lowest BCUT2D eigenvalue weighted by Crippen LogP contribution is -2.45. The highest BCUT2D eigenvalue weighted by atomic mass is 16.3. The van der Waals surface area contributed by atoms with E-state index in [0.717, 1.165) is 53.3 Å². The summed E-state index contributed by atoms with van der Waals surface area (Å²) in [5.74, 6) is -0.286. The van der Waals surface area contributed by atoms with Gasteiger partial charge in [0.25, 0.3) is 0 Å².